The molecule has 0 atom stereocenters. The van der Waals surface area contributed by atoms with Crippen molar-refractivity contribution < 1.29 is 134 Å². The third kappa shape index (κ3) is 1020. The summed E-state index contributed by atoms with van der Waals surface area (Å²) in [7, 11) is 0. The summed E-state index contributed by atoms with van der Waals surface area (Å²) in [5.41, 5.74) is 0. The number of rotatable bonds is 0. The van der Waals surface area contributed by atoms with Gasteiger partial charge in [-0.3, -0.25) is 0 Å². The number of hydrogen-bond donors (Lipinski definition) is 0. The molecule has 144 valence electrons. The molecule has 0 aliphatic heterocycles. The fraction of sp³-hybridized carbons (Fsp3) is 0. The zero-order valence-electron chi connectivity index (χ0n) is 13.7. The van der Waals surface area contributed by atoms with E-state index in [9.17, 15) is 0 Å². The first-order valence-corrected chi connectivity index (χ1v) is 0. The average molecular weight is 697 g/mol. The van der Waals surface area contributed by atoms with Crippen molar-refractivity contribution in [1.29, 1.82) is 0 Å². The second-order valence-corrected chi connectivity index (χ2v) is 0. The van der Waals surface area contributed by atoms with E-state index in [0.29, 0.717) is 0 Å². The molecule has 0 aliphatic carbocycles. The van der Waals surface area contributed by atoms with Crippen LogP contribution in [0, 0.1) is 35.6 Å². The molecule has 0 bridgehead atoms. The van der Waals surface area contributed by atoms with Crippen LogP contribution in [0.2, 0.25) is 0 Å². The molecule has 0 N–H and O–H groups in total. The van der Waals surface area contributed by atoms with Crippen LogP contribution in [0.1, 0.15) is 0 Å². The Kier molecular flexibility index (Phi) is 44100. The molecule has 0 fully saturated rings. The molecule has 0 radical (unpaired) electrons. The Morgan fingerprint density at radius 1 is 0.103 bits per heavy atom. The summed E-state index contributed by atoms with van der Waals surface area (Å²) in [6.45, 7) is 0. The van der Waals surface area contributed by atoms with Gasteiger partial charge < -0.3 is 98.6 Å². The molecule has 0 saturated carbocycles. The Morgan fingerprint density at radius 2 is 0.103 bits per heavy atom. The van der Waals surface area contributed by atoms with Crippen LogP contribution in [-0.4, -0.2) is 174 Å². The summed E-state index contributed by atoms with van der Waals surface area (Å²) < 4.78 is 0. The summed E-state index contributed by atoms with van der Waals surface area (Å²) in [6, 6.07) is 0. The fourth-order valence-corrected chi connectivity index (χ4v) is 0. The molecule has 0 unspecified atom stereocenters. The van der Waals surface area contributed by atoms with Crippen LogP contribution < -0.4 is 0 Å². The first-order valence-electron chi connectivity index (χ1n) is 0. The van der Waals surface area contributed by atoms with Gasteiger partial charge in [0.1, 0.15) is 0 Å². The zero-order valence-corrected chi connectivity index (χ0v) is 28.9. The molecule has 0 spiro atoms. The average Bonchev–Trinajstić information content (AvgIpc) is 0. The quantitative estimate of drug-likeness (QED) is 0.214. The fourth-order valence-electron chi connectivity index (χ4n) is 0. The largest absolute Gasteiger partial charge is 3.00 e. The standard InChI is InChI=1S/10Al.La.18O/q11*+3;18*-2. The molecule has 0 aromatic rings. The molecule has 0 aliphatic rings. The minimum Gasteiger partial charge on any atom is -2.00 e. The van der Waals surface area contributed by atoms with Crippen LogP contribution in [0.25, 0.3) is 0 Å². The maximum absolute atomic E-state index is 0. The minimum absolute atomic E-state index is 0. The van der Waals surface area contributed by atoms with Crippen molar-refractivity contribution in [2.24, 2.45) is 0 Å². The Bertz CT molecular complexity index is 32.6. The molecule has 0 aromatic carbocycles. The van der Waals surface area contributed by atoms with Gasteiger partial charge in [0.2, 0.25) is 0 Å². The predicted molar refractivity (Wildman–Crippen MR) is 69.9 cm³/mol. The zero-order chi connectivity index (χ0) is 0. The molecule has 29 heteroatoms. The summed E-state index contributed by atoms with van der Waals surface area (Å²) in [4.78, 5) is 0. The molecule has 0 rings (SSSR count). The van der Waals surface area contributed by atoms with Crippen LogP contribution >= 0.6 is 0 Å². The molecule has 0 aromatic heterocycles. The van der Waals surface area contributed by atoms with Gasteiger partial charge in [-0.05, 0) is 0 Å². The molecule has 29 heavy (non-hydrogen) atoms. The van der Waals surface area contributed by atoms with Crippen molar-refractivity contribution in [3.8, 4) is 0 Å². The van der Waals surface area contributed by atoms with Gasteiger partial charge in [0.25, 0.3) is 0 Å². The van der Waals surface area contributed by atoms with Crippen LogP contribution in [0.5, 0.6) is 0 Å². The molecule has 0 saturated heterocycles. The summed E-state index contributed by atoms with van der Waals surface area (Å²) in [5.74, 6) is 0. The van der Waals surface area contributed by atoms with E-state index in [2.05, 4.69) is 0 Å². The third-order valence-corrected chi connectivity index (χ3v) is 0. The normalized spacial score (nSPS) is 0. The predicted octanol–water partition coefficient (Wildman–Crippen LogP) is -5.95. The van der Waals surface area contributed by atoms with E-state index in [1.54, 1.807) is 0 Å². The van der Waals surface area contributed by atoms with E-state index in [1.807, 2.05) is 0 Å². The van der Waals surface area contributed by atoms with Crippen LogP contribution in [0.3, 0.4) is 0 Å². The second-order valence-electron chi connectivity index (χ2n) is 0. The van der Waals surface area contributed by atoms with Gasteiger partial charge in [-0.1, -0.05) is 0 Å². The molecular weight excluding hydrogens is 697 g/mol. The van der Waals surface area contributed by atoms with Crippen molar-refractivity contribution >= 4 is 174 Å². The molecular formula is Al10LaO18-3. The van der Waals surface area contributed by atoms with Crippen LogP contribution in [0.15, 0.2) is 0 Å². The van der Waals surface area contributed by atoms with Gasteiger partial charge in [0, 0.05) is 0 Å². The maximum Gasteiger partial charge on any atom is 3.00 e. The van der Waals surface area contributed by atoms with Crippen LogP contribution in [-0.2, 0) is 98.6 Å². The van der Waals surface area contributed by atoms with Gasteiger partial charge in [-0.2, -0.15) is 0 Å². The Balaban J connectivity index is 0. The molecule has 18 nitrogen and oxygen atoms in total. The SMILES string of the molecule is [Al+3].[Al+3].[Al+3].[Al+3].[Al+3].[Al+3].[Al+3].[Al+3].[Al+3].[Al+3].[La+3].[O-2].[O-2].[O-2].[O-2].[O-2].[O-2].[O-2].[O-2].[O-2].[O-2].[O-2].[O-2].[O-2].[O-2].[O-2].[O-2].[O-2].[O-2]. The van der Waals surface area contributed by atoms with E-state index in [0.717, 1.165) is 0 Å². The molecule has 0 heterocycles. The number of hydrogen-bond acceptors (Lipinski definition) is 0. The molecule has 0 amide bonds. The maximum atomic E-state index is 0. The van der Waals surface area contributed by atoms with Gasteiger partial charge in [-0.25, -0.2) is 0 Å². The third-order valence-electron chi connectivity index (χ3n) is 0. The monoisotopic (exact) mass is 697 g/mol. The van der Waals surface area contributed by atoms with Gasteiger partial charge >= 0.3 is 209 Å². The van der Waals surface area contributed by atoms with Gasteiger partial charge in [0.05, 0.1) is 0 Å². The topological polar surface area (TPSA) is 513 Å². The van der Waals surface area contributed by atoms with Crippen molar-refractivity contribution in [3.05, 3.63) is 0 Å². The van der Waals surface area contributed by atoms with Crippen molar-refractivity contribution in [2.45, 2.75) is 0 Å². The van der Waals surface area contributed by atoms with Gasteiger partial charge in [-0.15, -0.1) is 0 Å². The van der Waals surface area contributed by atoms with E-state index in [4.69, 9.17) is 0 Å². The Morgan fingerprint density at radius 3 is 0.103 bits per heavy atom. The summed E-state index contributed by atoms with van der Waals surface area (Å²) in [5, 5.41) is 0. The summed E-state index contributed by atoms with van der Waals surface area (Å²) in [6.07, 6.45) is 0. The van der Waals surface area contributed by atoms with Crippen molar-refractivity contribution in [1.82, 2.24) is 0 Å². The van der Waals surface area contributed by atoms with E-state index in [-0.39, 0.29) is 308 Å². The van der Waals surface area contributed by atoms with E-state index < -0.39 is 0 Å². The van der Waals surface area contributed by atoms with Crippen molar-refractivity contribution in [3.63, 3.8) is 0 Å². The first kappa shape index (κ1) is 1180. The van der Waals surface area contributed by atoms with E-state index >= 15 is 0 Å². The Hall–Kier alpha value is 5.80. The van der Waals surface area contributed by atoms with E-state index in [1.165, 1.54) is 0 Å². The van der Waals surface area contributed by atoms with Crippen LogP contribution in [0.4, 0.5) is 0 Å². The van der Waals surface area contributed by atoms with Crippen molar-refractivity contribution in [2.75, 3.05) is 0 Å². The smallest absolute Gasteiger partial charge is 2.00 e. The minimum atomic E-state index is 0. The first-order chi connectivity index (χ1) is 0. The second kappa shape index (κ2) is 1080. The van der Waals surface area contributed by atoms with Gasteiger partial charge in [0.15, 0.2) is 0 Å². The Labute approximate surface area is 303 Å². The summed E-state index contributed by atoms with van der Waals surface area (Å²) >= 11 is 0.